The Morgan fingerprint density at radius 2 is 1.77 bits per heavy atom. The number of likely N-dealkylation sites (N-methyl/N-ethyl adjacent to an activating group) is 1. The fourth-order valence-corrected chi connectivity index (χ4v) is 4.04. The molecule has 2 heterocycles. The van der Waals surface area contributed by atoms with Crippen LogP contribution >= 0.6 is 11.6 Å². The summed E-state index contributed by atoms with van der Waals surface area (Å²) < 4.78 is 1.79. The van der Waals surface area contributed by atoms with Crippen LogP contribution in [0, 0.1) is 0 Å². The van der Waals surface area contributed by atoms with E-state index in [1.54, 1.807) is 35.9 Å². The highest BCUT2D eigenvalue weighted by Crippen LogP contribution is 2.32. The molecule has 0 spiro atoms. The third kappa shape index (κ3) is 3.57. The molecule has 6 heteroatoms. The van der Waals surface area contributed by atoms with Gasteiger partial charge in [-0.2, -0.15) is 5.10 Å². The first-order chi connectivity index (χ1) is 14.4. The van der Waals surface area contributed by atoms with Gasteiger partial charge in [-0.1, -0.05) is 54.1 Å². The summed E-state index contributed by atoms with van der Waals surface area (Å²) in [5.74, 6) is 0.0161. The average molecular weight is 419 g/mol. The van der Waals surface area contributed by atoms with Crippen LogP contribution < -0.4 is 0 Å². The Labute approximate surface area is 180 Å². The second-order valence-corrected chi connectivity index (χ2v) is 8.26. The van der Waals surface area contributed by atoms with E-state index in [0.29, 0.717) is 17.1 Å². The molecule has 0 N–H and O–H groups in total. The molecule has 0 aliphatic heterocycles. The molecule has 4 rings (SSSR count). The zero-order valence-electron chi connectivity index (χ0n) is 17.2. The number of hydrogen-bond acceptors (Lipinski definition) is 3. The van der Waals surface area contributed by atoms with E-state index in [9.17, 15) is 4.79 Å². The van der Waals surface area contributed by atoms with Gasteiger partial charge in [0, 0.05) is 30.9 Å². The molecule has 5 nitrogen and oxygen atoms in total. The molecule has 0 saturated carbocycles. The molecule has 0 saturated heterocycles. The van der Waals surface area contributed by atoms with Crippen LogP contribution in [0.25, 0.3) is 16.8 Å². The second-order valence-electron chi connectivity index (χ2n) is 7.82. The lowest BCUT2D eigenvalue weighted by atomic mass is 9.79. The average Bonchev–Trinajstić information content (AvgIpc) is 3.18. The van der Waals surface area contributed by atoms with Crippen molar-refractivity contribution in [1.82, 2.24) is 19.5 Å². The van der Waals surface area contributed by atoms with Crippen molar-refractivity contribution in [3.05, 3.63) is 89.3 Å². The van der Waals surface area contributed by atoms with Crippen LogP contribution in [0.5, 0.6) is 0 Å². The summed E-state index contributed by atoms with van der Waals surface area (Å²) in [6.45, 7) is 1.97. The Morgan fingerprint density at radius 1 is 1.07 bits per heavy atom. The Bertz CT molecular complexity index is 1190. The van der Waals surface area contributed by atoms with E-state index >= 15 is 0 Å². The minimum absolute atomic E-state index is 0.0161. The molecule has 1 amide bonds. The molecule has 4 aromatic rings. The van der Waals surface area contributed by atoms with E-state index < -0.39 is 5.41 Å². The summed E-state index contributed by atoms with van der Waals surface area (Å²) in [6.07, 6.45) is 4.09. The molecule has 1 unspecified atom stereocenters. The zero-order valence-corrected chi connectivity index (χ0v) is 18.0. The minimum atomic E-state index is -0.810. The minimum Gasteiger partial charge on any atom is -0.348 e. The molecule has 0 fully saturated rings. The maximum Gasteiger partial charge on any atom is 0.234 e. The second kappa shape index (κ2) is 7.92. The molecule has 30 heavy (non-hydrogen) atoms. The molecule has 2 aromatic carbocycles. The van der Waals surface area contributed by atoms with Crippen LogP contribution in [-0.4, -0.2) is 39.5 Å². The highest BCUT2D eigenvalue weighted by molar-refractivity contribution is 6.30. The number of nitrogens with zero attached hydrogens (tertiary/aromatic N) is 4. The molecule has 1 atom stereocenters. The summed E-state index contributed by atoms with van der Waals surface area (Å²) >= 11 is 6.04. The standard InChI is InChI=1S/C24H23ClN4O/c1-24(23(30)28(2)3,15-17-7-5-4-6-8-17)21-13-14-26-22-20(16-27-29(21)22)18-9-11-19(25)12-10-18/h4-14,16H,15H2,1-3H3. The van der Waals surface area contributed by atoms with E-state index in [0.717, 1.165) is 22.4 Å². The van der Waals surface area contributed by atoms with Gasteiger partial charge in [-0.05, 0) is 42.7 Å². The number of aromatic nitrogens is 3. The summed E-state index contributed by atoms with van der Waals surface area (Å²) in [4.78, 5) is 19.6. The highest BCUT2D eigenvalue weighted by atomic mass is 35.5. The van der Waals surface area contributed by atoms with Crippen LogP contribution in [-0.2, 0) is 16.6 Å². The molecule has 2 aromatic heterocycles. The highest BCUT2D eigenvalue weighted by Gasteiger charge is 2.39. The molecular formula is C24H23ClN4O. The number of carbonyl (C=O) groups excluding carboxylic acids is 1. The molecule has 0 bridgehead atoms. The van der Waals surface area contributed by atoms with Gasteiger partial charge in [0.05, 0.1) is 17.3 Å². The van der Waals surface area contributed by atoms with Crippen LogP contribution in [0.2, 0.25) is 5.02 Å². The third-order valence-corrected chi connectivity index (χ3v) is 5.65. The van der Waals surface area contributed by atoms with E-state index in [1.165, 1.54) is 0 Å². The van der Waals surface area contributed by atoms with Gasteiger partial charge >= 0.3 is 0 Å². The smallest absolute Gasteiger partial charge is 0.234 e. The number of hydrogen-bond donors (Lipinski definition) is 0. The topological polar surface area (TPSA) is 50.5 Å². The Kier molecular flexibility index (Phi) is 5.31. The van der Waals surface area contributed by atoms with Crippen LogP contribution in [0.4, 0.5) is 0 Å². The van der Waals surface area contributed by atoms with Crippen molar-refractivity contribution in [2.24, 2.45) is 0 Å². The maximum absolute atomic E-state index is 13.4. The van der Waals surface area contributed by atoms with Gasteiger partial charge in [-0.25, -0.2) is 9.50 Å². The zero-order chi connectivity index (χ0) is 21.3. The molecule has 0 aliphatic rings. The van der Waals surface area contributed by atoms with Gasteiger partial charge in [-0.3, -0.25) is 4.79 Å². The Morgan fingerprint density at radius 3 is 2.43 bits per heavy atom. The third-order valence-electron chi connectivity index (χ3n) is 5.40. The Hall–Kier alpha value is -3.18. The van der Waals surface area contributed by atoms with Crippen LogP contribution in [0.3, 0.4) is 0 Å². The summed E-state index contributed by atoms with van der Waals surface area (Å²) in [7, 11) is 3.57. The Balaban J connectivity index is 1.88. The van der Waals surface area contributed by atoms with Crippen LogP contribution in [0.15, 0.2) is 73.1 Å². The van der Waals surface area contributed by atoms with Crippen molar-refractivity contribution in [2.75, 3.05) is 14.1 Å². The maximum atomic E-state index is 13.4. The van der Waals surface area contributed by atoms with Gasteiger partial charge in [0.1, 0.15) is 0 Å². The summed E-state index contributed by atoms with van der Waals surface area (Å²) in [5.41, 5.74) is 3.66. The van der Waals surface area contributed by atoms with Crippen molar-refractivity contribution in [3.63, 3.8) is 0 Å². The van der Waals surface area contributed by atoms with Gasteiger partial charge in [0.2, 0.25) is 5.91 Å². The number of carbonyl (C=O) groups is 1. The van der Waals surface area contributed by atoms with E-state index in [1.807, 2.05) is 67.6 Å². The first kappa shape index (κ1) is 20.1. The van der Waals surface area contributed by atoms with Crippen molar-refractivity contribution in [2.45, 2.75) is 18.8 Å². The first-order valence-corrected chi connectivity index (χ1v) is 10.1. The van der Waals surface area contributed by atoms with Gasteiger partial charge in [0.25, 0.3) is 0 Å². The quantitative estimate of drug-likeness (QED) is 0.474. The molecule has 0 aliphatic carbocycles. The predicted octanol–water partition coefficient (Wildman–Crippen LogP) is 4.64. The monoisotopic (exact) mass is 418 g/mol. The van der Waals surface area contributed by atoms with E-state index in [-0.39, 0.29) is 5.91 Å². The van der Waals surface area contributed by atoms with Crippen molar-refractivity contribution in [3.8, 4) is 11.1 Å². The van der Waals surface area contributed by atoms with Gasteiger partial charge in [-0.15, -0.1) is 0 Å². The number of halogens is 1. The molecule has 0 radical (unpaired) electrons. The number of rotatable bonds is 5. The number of benzene rings is 2. The van der Waals surface area contributed by atoms with Crippen molar-refractivity contribution >= 4 is 23.2 Å². The van der Waals surface area contributed by atoms with E-state index in [4.69, 9.17) is 11.6 Å². The predicted molar refractivity (Wildman–Crippen MR) is 120 cm³/mol. The lowest BCUT2D eigenvalue weighted by Crippen LogP contribution is -2.44. The largest absolute Gasteiger partial charge is 0.348 e. The first-order valence-electron chi connectivity index (χ1n) is 9.75. The van der Waals surface area contributed by atoms with Gasteiger partial charge in [0.15, 0.2) is 5.65 Å². The van der Waals surface area contributed by atoms with E-state index in [2.05, 4.69) is 10.1 Å². The van der Waals surface area contributed by atoms with Gasteiger partial charge < -0.3 is 4.90 Å². The summed E-state index contributed by atoms with van der Waals surface area (Å²) in [6, 6.07) is 19.5. The number of amides is 1. The molecule has 152 valence electrons. The SMILES string of the molecule is CN(C)C(=O)C(C)(Cc1ccccc1)c1ccnc2c(-c3ccc(Cl)cc3)cnn12. The van der Waals surface area contributed by atoms with Crippen molar-refractivity contribution in [1.29, 1.82) is 0 Å². The van der Waals surface area contributed by atoms with Crippen LogP contribution in [0.1, 0.15) is 18.2 Å². The molecular weight excluding hydrogens is 396 g/mol. The normalized spacial score (nSPS) is 13.2. The lowest BCUT2D eigenvalue weighted by molar-refractivity contribution is -0.134. The van der Waals surface area contributed by atoms with Crippen molar-refractivity contribution < 1.29 is 4.79 Å². The fraction of sp³-hybridized carbons (Fsp3) is 0.208. The lowest BCUT2D eigenvalue weighted by Gasteiger charge is -2.31. The summed E-state index contributed by atoms with van der Waals surface area (Å²) in [5, 5.41) is 5.29. The fourth-order valence-electron chi connectivity index (χ4n) is 3.92. The number of fused-ring (bicyclic) bond motifs is 1.